The molecular formula is C39H63NO4Si2. The first-order valence-electron chi connectivity index (χ1n) is 17.5. The Morgan fingerprint density at radius 3 is 1.96 bits per heavy atom. The van der Waals surface area contributed by atoms with E-state index in [-0.39, 0.29) is 34.2 Å². The van der Waals surface area contributed by atoms with Gasteiger partial charge in [0.1, 0.15) is 5.75 Å². The summed E-state index contributed by atoms with van der Waals surface area (Å²) >= 11 is 0. The zero-order valence-corrected chi connectivity index (χ0v) is 33.3. The standard InChI is InChI=1S/C39H63NO4Si2/c1-14-46(15-2,16-3)44-33-25-21-20-24-32(33)40(29-30-22-18-17-19-23-30)36(41)31-26-27-34(42-39(10,11)37(4,5)6)35(28-31)43-45(12,13)38(7,8)9/h17-25,28,34-35H,14-16,26-27,29H2,1-13H3/t34-,35-/m1/s1. The Hall–Kier alpha value is -2.20. The molecule has 2 atom stereocenters. The zero-order valence-electron chi connectivity index (χ0n) is 31.3. The first kappa shape index (κ1) is 38.3. The van der Waals surface area contributed by atoms with Gasteiger partial charge in [0, 0.05) is 5.57 Å². The molecule has 5 nitrogen and oxygen atoms in total. The van der Waals surface area contributed by atoms with Crippen molar-refractivity contribution in [2.45, 2.75) is 150 Å². The molecule has 0 radical (unpaired) electrons. The topological polar surface area (TPSA) is 48.0 Å². The molecule has 2 aromatic rings. The van der Waals surface area contributed by atoms with Crippen LogP contribution in [-0.4, -0.2) is 40.4 Å². The first-order valence-corrected chi connectivity index (χ1v) is 22.9. The van der Waals surface area contributed by atoms with Crippen LogP contribution in [0, 0.1) is 5.41 Å². The maximum atomic E-state index is 14.8. The molecule has 0 unspecified atom stereocenters. The number of hydrogen-bond acceptors (Lipinski definition) is 4. The minimum Gasteiger partial charge on any atom is -0.542 e. The second kappa shape index (κ2) is 14.9. The van der Waals surface area contributed by atoms with Gasteiger partial charge in [-0.15, -0.1) is 0 Å². The van der Waals surface area contributed by atoms with Crippen molar-refractivity contribution in [1.82, 2.24) is 0 Å². The number of carbonyl (C=O) groups excluding carboxylic acids is 1. The van der Waals surface area contributed by atoms with Gasteiger partial charge in [-0.3, -0.25) is 4.79 Å². The van der Waals surface area contributed by atoms with E-state index in [9.17, 15) is 4.79 Å². The van der Waals surface area contributed by atoms with E-state index in [1.807, 2.05) is 47.4 Å². The Morgan fingerprint density at radius 1 is 0.848 bits per heavy atom. The van der Waals surface area contributed by atoms with Gasteiger partial charge in [-0.2, -0.15) is 0 Å². The monoisotopic (exact) mass is 665 g/mol. The largest absolute Gasteiger partial charge is 0.542 e. The third kappa shape index (κ3) is 9.03. The first-order chi connectivity index (χ1) is 21.3. The highest BCUT2D eigenvalue weighted by Crippen LogP contribution is 2.42. The number of anilines is 1. The Balaban J connectivity index is 2.11. The van der Waals surface area contributed by atoms with Crippen LogP contribution < -0.4 is 9.33 Å². The second-order valence-corrected chi connectivity index (χ2v) is 25.6. The van der Waals surface area contributed by atoms with Gasteiger partial charge in [0.25, 0.3) is 14.2 Å². The van der Waals surface area contributed by atoms with Gasteiger partial charge < -0.3 is 18.5 Å². The molecule has 0 aliphatic heterocycles. The van der Waals surface area contributed by atoms with Crippen molar-refractivity contribution < 1.29 is 18.4 Å². The maximum Gasteiger partial charge on any atom is 0.254 e. The van der Waals surface area contributed by atoms with Gasteiger partial charge in [0.2, 0.25) is 0 Å². The summed E-state index contributed by atoms with van der Waals surface area (Å²) in [5.74, 6) is 0.816. The summed E-state index contributed by atoms with van der Waals surface area (Å²) < 4.78 is 20.9. The van der Waals surface area contributed by atoms with E-state index in [1.165, 1.54) is 0 Å². The summed E-state index contributed by atoms with van der Waals surface area (Å²) in [6, 6.07) is 21.5. The fourth-order valence-electron chi connectivity index (χ4n) is 5.51. The molecule has 0 saturated carbocycles. The van der Waals surface area contributed by atoms with Crippen molar-refractivity contribution in [3.63, 3.8) is 0 Å². The van der Waals surface area contributed by atoms with Crippen molar-refractivity contribution >= 4 is 28.2 Å². The van der Waals surface area contributed by atoms with Crippen LogP contribution in [0.2, 0.25) is 36.3 Å². The van der Waals surface area contributed by atoms with Crippen molar-refractivity contribution in [2.75, 3.05) is 4.90 Å². The normalized spacial score (nSPS) is 18.2. The third-order valence-corrected chi connectivity index (χ3v) is 20.0. The number of amides is 1. The lowest BCUT2D eigenvalue weighted by Crippen LogP contribution is -2.52. The van der Waals surface area contributed by atoms with Crippen LogP contribution in [0.3, 0.4) is 0 Å². The molecule has 0 heterocycles. The molecule has 0 bridgehead atoms. The number of rotatable bonds is 13. The molecule has 0 fully saturated rings. The molecule has 0 spiro atoms. The van der Waals surface area contributed by atoms with Crippen LogP contribution in [0.25, 0.3) is 0 Å². The zero-order chi connectivity index (χ0) is 34.6. The summed E-state index contributed by atoms with van der Waals surface area (Å²) in [6.07, 6.45) is 3.02. The summed E-state index contributed by atoms with van der Waals surface area (Å²) in [7, 11) is -4.17. The third-order valence-electron chi connectivity index (χ3n) is 11.0. The van der Waals surface area contributed by atoms with Crippen molar-refractivity contribution in [2.24, 2.45) is 5.41 Å². The van der Waals surface area contributed by atoms with E-state index >= 15 is 0 Å². The number of benzene rings is 2. The molecule has 256 valence electrons. The SMILES string of the molecule is CC[Si](CC)(CC)Oc1ccccc1N(Cc1ccccc1)C(=O)C1=C[C@@H](O[Si](C)(C)C(C)(C)C)[C@H](OC(C)(C)C(C)(C)C)CC1. The fraction of sp³-hybridized carbons (Fsp3) is 0.615. The molecule has 0 aromatic heterocycles. The molecule has 2 aromatic carbocycles. The highest BCUT2D eigenvalue weighted by Gasteiger charge is 2.45. The van der Waals surface area contributed by atoms with Crippen LogP contribution in [0.4, 0.5) is 5.69 Å². The predicted molar refractivity (Wildman–Crippen MR) is 200 cm³/mol. The Labute approximate surface area is 283 Å². The van der Waals surface area contributed by atoms with Gasteiger partial charge in [-0.1, -0.05) is 105 Å². The summed E-state index contributed by atoms with van der Waals surface area (Å²) in [5.41, 5.74) is 2.27. The van der Waals surface area contributed by atoms with Gasteiger partial charge in [-0.25, -0.2) is 0 Å². The van der Waals surface area contributed by atoms with Gasteiger partial charge in [-0.05, 0) is 92.1 Å². The smallest absolute Gasteiger partial charge is 0.254 e. The van der Waals surface area contributed by atoms with Crippen LogP contribution in [-0.2, 0) is 20.5 Å². The molecule has 1 aliphatic rings. The number of carbonyl (C=O) groups is 1. The summed E-state index contributed by atoms with van der Waals surface area (Å²) in [5, 5.41) is 0.0242. The predicted octanol–water partition coefficient (Wildman–Crippen LogP) is 10.9. The lowest BCUT2D eigenvalue weighted by Gasteiger charge is -2.46. The summed E-state index contributed by atoms with van der Waals surface area (Å²) in [6.45, 7) is 29.5. The highest BCUT2D eigenvalue weighted by atomic mass is 28.4. The van der Waals surface area contributed by atoms with Crippen LogP contribution in [0.1, 0.15) is 94.6 Å². The molecule has 3 rings (SSSR count). The molecule has 7 heteroatoms. The Bertz CT molecular complexity index is 1310. The molecule has 0 saturated heterocycles. The van der Waals surface area contributed by atoms with Crippen LogP contribution in [0.15, 0.2) is 66.2 Å². The van der Waals surface area contributed by atoms with Crippen molar-refractivity contribution in [3.05, 3.63) is 71.8 Å². The van der Waals surface area contributed by atoms with Gasteiger partial charge in [0.15, 0.2) is 8.32 Å². The van der Waals surface area contributed by atoms with E-state index in [2.05, 4.69) is 107 Å². The van der Waals surface area contributed by atoms with Crippen molar-refractivity contribution in [3.8, 4) is 5.75 Å². The molecule has 0 N–H and O–H groups in total. The van der Waals surface area contributed by atoms with E-state index < -0.39 is 16.6 Å². The highest BCUT2D eigenvalue weighted by molar-refractivity contribution is 6.74. The molecule has 46 heavy (non-hydrogen) atoms. The number of ether oxygens (including phenoxy) is 1. The fourth-order valence-corrected chi connectivity index (χ4v) is 9.34. The van der Waals surface area contributed by atoms with E-state index in [4.69, 9.17) is 13.6 Å². The minimum atomic E-state index is -2.19. The van der Waals surface area contributed by atoms with E-state index in [1.54, 1.807) is 0 Å². The molecule has 1 aliphatic carbocycles. The van der Waals surface area contributed by atoms with Gasteiger partial charge >= 0.3 is 0 Å². The maximum absolute atomic E-state index is 14.8. The average Bonchev–Trinajstić information content (AvgIpc) is 2.99. The number of para-hydroxylation sites is 2. The summed E-state index contributed by atoms with van der Waals surface area (Å²) in [4.78, 5) is 16.7. The lowest BCUT2D eigenvalue weighted by atomic mass is 9.78. The van der Waals surface area contributed by atoms with E-state index in [0.717, 1.165) is 47.1 Å². The quantitative estimate of drug-likeness (QED) is 0.200. The van der Waals surface area contributed by atoms with Crippen LogP contribution >= 0.6 is 0 Å². The average molecular weight is 666 g/mol. The number of hydrogen-bond donors (Lipinski definition) is 0. The number of nitrogens with zero attached hydrogens (tertiary/aromatic N) is 1. The lowest BCUT2D eigenvalue weighted by molar-refractivity contribution is -0.156. The molecular weight excluding hydrogens is 603 g/mol. The molecule has 1 amide bonds. The van der Waals surface area contributed by atoms with Crippen LogP contribution in [0.5, 0.6) is 5.75 Å². The Kier molecular flexibility index (Phi) is 12.4. The van der Waals surface area contributed by atoms with E-state index in [0.29, 0.717) is 13.0 Å². The second-order valence-electron chi connectivity index (χ2n) is 16.2. The minimum absolute atomic E-state index is 0.00836. The van der Waals surface area contributed by atoms with Crippen molar-refractivity contribution in [1.29, 1.82) is 0 Å². The van der Waals surface area contributed by atoms with Gasteiger partial charge in [0.05, 0.1) is 30.0 Å². The Morgan fingerprint density at radius 2 is 1.41 bits per heavy atom.